The van der Waals surface area contributed by atoms with Gasteiger partial charge in [-0.15, -0.1) is 0 Å². The Morgan fingerprint density at radius 2 is 1.81 bits per heavy atom. The van der Waals surface area contributed by atoms with Crippen LogP contribution in [0.3, 0.4) is 0 Å². The van der Waals surface area contributed by atoms with Crippen molar-refractivity contribution in [3.05, 3.63) is 102 Å². The molecular weight excluding hydrogens is 448 g/mol. The molecule has 0 bridgehead atoms. The fourth-order valence-corrected chi connectivity index (χ4v) is 5.36. The highest BCUT2D eigenvalue weighted by Crippen LogP contribution is 2.29. The van der Waals surface area contributed by atoms with Crippen LogP contribution in [0.1, 0.15) is 34.5 Å². The molecule has 1 aliphatic rings. The molecule has 1 unspecified atom stereocenters. The summed E-state index contributed by atoms with van der Waals surface area (Å²) < 4.78 is 7.26. The highest BCUT2D eigenvalue weighted by molar-refractivity contribution is 5.92. The van der Waals surface area contributed by atoms with E-state index in [4.69, 9.17) is 4.42 Å². The monoisotopic (exact) mass is 482 g/mol. The van der Waals surface area contributed by atoms with Crippen molar-refractivity contribution in [2.45, 2.75) is 31.8 Å². The Morgan fingerprint density at radius 3 is 2.50 bits per heavy atom. The number of likely N-dealkylation sites (N-methyl/N-ethyl adjacent to an activating group) is 1. The molecule has 1 fully saturated rings. The number of hydrogen-bond donors (Lipinski definition) is 0. The second-order valence-electron chi connectivity index (χ2n) is 9.84. The number of furan rings is 1. The molecular formula is C30H34N4O2. The first kappa shape index (κ1) is 24.1. The summed E-state index contributed by atoms with van der Waals surface area (Å²) in [5.74, 6) is 1.34. The van der Waals surface area contributed by atoms with Crippen molar-refractivity contribution in [2.75, 3.05) is 20.1 Å². The quantitative estimate of drug-likeness (QED) is 0.343. The molecule has 1 atom stereocenters. The van der Waals surface area contributed by atoms with Crippen LogP contribution in [0.25, 0.3) is 11.3 Å². The molecule has 0 spiro atoms. The van der Waals surface area contributed by atoms with Gasteiger partial charge in [-0.3, -0.25) is 14.4 Å². The van der Waals surface area contributed by atoms with Gasteiger partial charge in [-0.1, -0.05) is 48.5 Å². The Balaban J connectivity index is 1.26. The topological polar surface area (TPSA) is 54.5 Å². The minimum Gasteiger partial charge on any atom is -0.464 e. The van der Waals surface area contributed by atoms with Crippen LogP contribution in [0.15, 0.2) is 89.7 Å². The minimum atomic E-state index is -0.00583. The Hall–Kier alpha value is -3.64. The van der Waals surface area contributed by atoms with E-state index < -0.39 is 0 Å². The lowest BCUT2D eigenvalue weighted by Gasteiger charge is -2.40. The maximum atomic E-state index is 13.3. The molecule has 1 aliphatic heterocycles. The molecule has 1 saturated heterocycles. The van der Waals surface area contributed by atoms with E-state index >= 15 is 0 Å². The van der Waals surface area contributed by atoms with E-state index in [1.807, 2.05) is 43.4 Å². The summed E-state index contributed by atoms with van der Waals surface area (Å²) in [5.41, 5.74) is 4.18. The van der Waals surface area contributed by atoms with Crippen molar-refractivity contribution in [3.8, 4) is 11.3 Å². The number of carbonyl (C=O) groups excluding carboxylic acids is 1. The summed E-state index contributed by atoms with van der Waals surface area (Å²) in [6, 6.07) is 25.0. The zero-order valence-corrected chi connectivity index (χ0v) is 21.1. The summed E-state index contributed by atoms with van der Waals surface area (Å²) in [6.45, 7) is 2.96. The van der Waals surface area contributed by atoms with E-state index in [1.165, 1.54) is 11.1 Å². The van der Waals surface area contributed by atoms with Crippen LogP contribution in [0.2, 0.25) is 0 Å². The minimum absolute atomic E-state index is 0.00583. The van der Waals surface area contributed by atoms with Gasteiger partial charge in [-0.05, 0) is 73.7 Å². The van der Waals surface area contributed by atoms with E-state index in [0.29, 0.717) is 11.6 Å². The molecule has 6 nitrogen and oxygen atoms in total. The van der Waals surface area contributed by atoms with Crippen LogP contribution < -0.4 is 0 Å². The molecule has 4 aromatic rings. The normalized spacial score (nSPS) is 15.6. The second-order valence-corrected chi connectivity index (χ2v) is 9.84. The molecule has 1 amide bonds. The maximum Gasteiger partial charge on any atom is 0.274 e. The number of aromatic nitrogens is 2. The predicted molar refractivity (Wildman–Crippen MR) is 141 cm³/mol. The van der Waals surface area contributed by atoms with Crippen LogP contribution in [0.4, 0.5) is 0 Å². The molecule has 0 aliphatic carbocycles. The molecule has 3 heterocycles. The van der Waals surface area contributed by atoms with Gasteiger partial charge in [0.05, 0.1) is 6.26 Å². The van der Waals surface area contributed by atoms with Crippen LogP contribution in [-0.2, 0) is 20.0 Å². The van der Waals surface area contributed by atoms with Crippen LogP contribution >= 0.6 is 0 Å². The number of aryl methyl sites for hydroxylation is 1. The standard InChI is InChI=1S/C30H34N4O2/c1-32-16-15-27(31-32)30(35)33(2)28(21-23-8-4-3-5-9-23)25-13-17-34(18-14-25)22-24-10-6-11-26(20-24)29-12-7-19-36-29/h3-12,15-16,19-20,25,28H,13-14,17-18,21-22H2,1-2H3. The number of rotatable bonds is 8. The van der Waals surface area contributed by atoms with Gasteiger partial charge in [0, 0.05) is 38.4 Å². The Morgan fingerprint density at radius 1 is 1.03 bits per heavy atom. The number of carbonyl (C=O) groups is 1. The number of likely N-dealkylation sites (tertiary alicyclic amines) is 1. The van der Waals surface area contributed by atoms with Gasteiger partial charge in [0.1, 0.15) is 11.5 Å². The predicted octanol–water partition coefficient (Wildman–Crippen LogP) is 5.28. The van der Waals surface area contributed by atoms with Gasteiger partial charge in [-0.25, -0.2) is 0 Å². The van der Waals surface area contributed by atoms with E-state index in [1.54, 1.807) is 17.0 Å². The molecule has 0 N–H and O–H groups in total. The summed E-state index contributed by atoms with van der Waals surface area (Å²) in [6.07, 6.45) is 6.52. The molecule has 2 aromatic carbocycles. The van der Waals surface area contributed by atoms with E-state index in [0.717, 1.165) is 50.2 Å². The van der Waals surface area contributed by atoms with Gasteiger partial charge < -0.3 is 9.32 Å². The average Bonchev–Trinajstić information content (AvgIpc) is 3.60. The molecule has 0 saturated carbocycles. The lowest BCUT2D eigenvalue weighted by molar-refractivity contribution is 0.0579. The Labute approximate surface area is 213 Å². The summed E-state index contributed by atoms with van der Waals surface area (Å²) in [4.78, 5) is 17.8. The van der Waals surface area contributed by atoms with Crippen LogP contribution in [0.5, 0.6) is 0 Å². The van der Waals surface area contributed by atoms with E-state index in [9.17, 15) is 4.79 Å². The van der Waals surface area contributed by atoms with Crippen molar-refractivity contribution in [2.24, 2.45) is 13.0 Å². The molecule has 6 heteroatoms. The SMILES string of the molecule is CN(C(=O)c1ccn(C)n1)C(Cc1ccccc1)C1CCN(Cc2cccc(-c3ccco3)c2)CC1. The summed E-state index contributed by atoms with van der Waals surface area (Å²) in [7, 11) is 3.79. The highest BCUT2D eigenvalue weighted by Gasteiger charge is 2.32. The van der Waals surface area contributed by atoms with E-state index in [-0.39, 0.29) is 11.9 Å². The summed E-state index contributed by atoms with van der Waals surface area (Å²) >= 11 is 0. The lowest BCUT2D eigenvalue weighted by atomic mass is 9.84. The van der Waals surface area contributed by atoms with Crippen LogP contribution in [0, 0.1) is 5.92 Å². The van der Waals surface area contributed by atoms with Crippen molar-refractivity contribution in [1.82, 2.24) is 19.6 Å². The van der Waals surface area contributed by atoms with Crippen molar-refractivity contribution in [1.29, 1.82) is 0 Å². The number of benzene rings is 2. The number of hydrogen-bond acceptors (Lipinski definition) is 4. The number of piperidine rings is 1. The lowest BCUT2D eigenvalue weighted by Crippen LogP contribution is -2.47. The molecule has 2 aromatic heterocycles. The summed E-state index contributed by atoms with van der Waals surface area (Å²) in [5, 5.41) is 4.36. The number of amides is 1. The fourth-order valence-electron chi connectivity index (χ4n) is 5.36. The third-order valence-corrected chi connectivity index (χ3v) is 7.35. The zero-order chi connectivity index (χ0) is 24.9. The average molecular weight is 483 g/mol. The third kappa shape index (κ3) is 5.60. The van der Waals surface area contributed by atoms with E-state index in [2.05, 4.69) is 58.5 Å². The smallest absolute Gasteiger partial charge is 0.274 e. The van der Waals surface area contributed by atoms with Crippen molar-refractivity contribution in [3.63, 3.8) is 0 Å². The molecule has 36 heavy (non-hydrogen) atoms. The molecule has 0 radical (unpaired) electrons. The first-order valence-electron chi connectivity index (χ1n) is 12.7. The first-order valence-corrected chi connectivity index (χ1v) is 12.7. The maximum absolute atomic E-state index is 13.3. The zero-order valence-electron chi connectivity index (χ0n) is 21.1. The van der Waals surface area contributed by atoms with Crippen molar-refractivity contribution >= 4 is 5.91 Å². The van der Waals surface area contributed by atoms with Gasteiger partial charge in [-0.2, -0.15) is 5.10 Å². The largest absolute Gasteiger partial charge is 0.464 e. The molecule has 186 valence electrons. The Kier molecular flexibility index (Phi) is 7.33. The van der Waals surface area contributed by atoms with Crippen molar-refractivity contribution < 1.29 is 9.21 Å². The highest BCUT2D eigenvalue weighted by atomic mass is 16.3. The number of nitrogens with zero attached hydrogens (tertiary/aromatic N) is 4. The van der Waals surface area contributed by atoms with Gasteiger partial charge in [0.25, 0.3) is 5.91 Å². The third-order valence-electron chi connectivity index (χ3n) is 7.35. The van der Waals surface area contributed by atoms with Gasteiger partial charge in [0.2, 0.25) is 0 Å². The fraction of sp³-hybridized carbons (Fsp3) is 0.333. The van der Waals surface area contributed by atoms with Gasteiger partial charge in [0.15, 0.2) is 0 Å². The first-order chi connectivity index (χ1) is 17.6. The van der Waals surface area contributed by atoms with Crippen LogP contribution in [-0.4, -0.2) is 51.7 Å². The molecule has 5 rings (SSSR count). The Bertz CT molecular complexity index is 1260. The second kappa shape index (κ2) is 11.0. The van der Waals surface area contributed by atoms with Gasteiger partial charge >= 0.3 is 0 Å².